The lowest BCUT2D eigenvalue weighted by Crippen LogP contribution is -2.43. The van der Waals surface area contributed by atoms with E-state index in [-0.39, 0.29) is 12.7 Å². The number of nitrogens with zero attached hydrogens (tertiary/aromatic N) is 2. The second-order valence-electron chi connectivity index (χ2n) is 4.89. The fourth-order valence-corrected chi connectivity index (χ4v) is 2.35. The number of morpholine rings is 1. The molecule has 1 unspecified atom stereocenters. The fourth-order valence-electron chi connectivity index (χ4n) is 2.35. The third-order valence-corrected chi connectivity index (χ3v) is 3.40. The van der Waals surface area contributed by atoms with Gasteiger partial charge >= 0.3 is 0 Å². The van der Waals surface area contributed by atoms with Crippen LogP contribution >= 0.6 is 0 Å². The number of benzene rings is 1. The van der Waals surface area contributed by atoms with Crippen LogP contribution in [-0.2, 0) is 11.3 Å². The van der Waals surface area contributed by atoms with Crippen LogP contribution in [0.4, 0.5) is 0 Å². The van der Waals surface area contributed by atoms with Gasteiger partial charge in [0.2, 0.25) is 5.89 Å². The Bertz CT molecular complexity index is 541. The SMILES string of the molecule is OCC1CN(Cc2ncc(-c3ccccc3)o2)CCO1. The Morgan fingerprint density at radius 2 is 2.15 bits per heavy atom. The summed E-state index contributed by atoms with van der Waals surface area (Å²) in [6.07, 6.45) is 1.65. The first-order chi connectivity index (χ1) is 9.85. The second-order valence-corrected chi connectivity index (χ2v) is 4.89. The van der Waals surface area contributed by atoms with Gasteiger partial charge in [-0.2, -0.15) is 0 Å². The molecule has 0 spiro atoms. The Balaban J connectivity index is 1.65. The van der Waals surface area contributed by atoms with Gasteiger partial charge in [0.15, 0.2) is 5.76 Å². The van der Waals surface area contributed by atoms with Crippen molar-refractivity contribution in [3.8, 4) is 11.3 Å². The predicted octanol–water partition coefficient (Wildman–Crippen LogP) is 1.53. The van der Waals surface area contributed by atoms with Crippen molar-refractivity contribution in [3.05, 3.63) is 42.4 Å². The van der Waals surface area contributed by atoms with Gasteiger partial charge in [0, 0.05) is 18.7 Å². The van der Waals surface area contributed by atoms with Crippen LogP contribution < -0.4 is 0 Å². The van der Waals surface area contributed by atoms with Crippen molar-refractivity contribution in [1.29, 1.82) is 0 Å². The molecular weight excluding hydrogens is 256 g/mol. The highest BCUT2D eigenvalue weighted by Crippen LogP contribution is 2.20. The number of oxazole rings is 1. The van der Waals surface area contributed by atoms with Crippen LogP contribution in [-0.4, -0.2) is 47.4 Å². The van der Waals surface area contributed by atoms with E-state index in [0.29, 0.717) is 25.6 Å². The molecule has 1 N–H and O–H groups in total. The largest absolute Gasteiger partial charge is 0.439 e. The highest BCUT2D eigenvalue weighted by atomic mass is 16.5. The van der Waals surface area contributed by atoms with Crippen molar-refractivity contribution >= 4 is 0 Å². The van der Waals surface area contributed by atoms with Crippen molar-refractivity contribution < 1.29 is 14.3 Å². The standard InChI is InChI=1S/C15H18N2O3/c18-11-13-9-17(6-7-19-13)10-15-16-8-14(20-15)12-4-2-1-3-5-12/h1-5,8,13,18H,6-7,9-11H2. The summed E-state index contributed by atoms with van der Waals surface area (Å²) in [7, 11) is 0. The second kappa shape index (κ2) is 6.17. The van der Waals surface area contributed by atoms with E-state index in [9.17, 15) is 0 Å². The average Bonchev–Trinajstić information content (AvgIpc) is 2.97. The number of aliphatic hydroxyl groups is 1. The molecule has 5 heteroatoms. The van der Waals surface area contributed by atoms with Gasteiger partial charge in [-0.1, -0.05) is 30.3 Å². The van der Waals surface area contributed by atoms with E-state index in [2.05, 4.69) is 9.88 Å². The lowest BCUT2D eigenvalue weighted by atomic mass is 10.2. The smallest absolute Gasteiger partial charge is 0.209 e. The number of aliphatic hydroxyl groups excluding tert-OH is 1. The molecule has 1 aliphatic rings. The van der Waals surface area contributed by atoms with Crippen LogP contribution in [0.5, 0.6) is 0 Å². The zero-order chi connectivity index (χ0) is 13.8. The summed E-state index contributed by atoms with van der Waals surface area (Å²) in [5.41, 5.74) is 1.03. The zero-order valence-corrected chi connectivity index (χ0v) is 11.2. The molecule has 1 aliphatic heterocycles. The molecule has 2 heterocycles. The van der Waals surface area contributed by atoms with Crippen LogP contribution in [0, 0.1) is 0 Å². The van der Waals surface area contributed by atoms with Crippen molar-refractivity contribution in [3.63, 3.8) is 0 Å². The molecule has 5 nitrogen and oxygen atoms in total. The molecule has 0 saturated carbocycles. The van der Waals surface area contributed by atoms with Crippen LogP contribution in [0.3, 0.4) is 0 Å². The third kappa shape index (κ3) is 3.07. The number of aromatic nitrogens is 1. The van der Waals surface area contributed by atoms with Gasteiger partial charge in [-0.15, -0.1) is 0 Å². The normalized spacial score (nSPS) is 20.1. The van der Waals surface area contributed by atoms with Crippen LogP contribution in [0.1, 0.15) is 5.89 Å². The number of hydrogen-bond donors (Lipinski definition) is 1. The summed E-state index contributed by atoms with van der Waals surface area (Å²) < 4.78 is 11.2. The maximum Gasteiger partial charge on any atom is 0.209 e. The number of rotatable bonds is 4. The lowest BCUT2D eigenvalue weighted by molar-refractivity contribution is -0.0567. The van der Waals surface area contributed by atoms with Gasteiger partial charge in [0.1, 0.15) is 0 Å². The molecule has 1 fully saturated rings. The van der Waals surface area contributed by atoms with Crippen LogP contribution in [0.15, 0.2) is 40.9 Å². The van der Waals surface area contributed by atoms with Crippen LogP contribution in [0.25, 0.3) is 11.3 Å². The Morgan fingerprint density at radius 1 is 1.30 bits per heavy atom. The van der Waals surface area contributed by atoms with E-state index >= 15 is 0 Å². The predicted molar refractivity (Wildman–Crippen MR) is 74.0 cm³/mol. The molecule has 1 aromatic carbocycles. The fraction of sp³-hybridized carbons (Fsp3) is 0.400. The molecule has 3 rings (SSSR count). The summed E-state index contributed by atoms with van der Waals surface area (Å²) in [4.78, 5) is 6.51. The first-order valence-electron chi connectivity index (χ1n) is 6.80. The topological polar surface area (TPSA) is 58.7 Å². The molecule has 20 heavy (non-hydrogen) atoms. The minimum Gasteiger partial charge on any atom is -0.439 e. The Kier molecular flexibility index (Phi) is 4.11. The molecule has 2 aromatic rings. The average molecular weight is 274 g/mol. The molecule has 1 aromatic heterocycles. The Hall–Kier alpha value is -1.69. The van der Waals surface area contributed by atoms with E-state index < -0.39 is 0 Å². The number of hydrogen-bond acceptors (Lipinski definition) is 5. The molecule has 0 aliphatic carbocycles. The Morgan fingerprint density at radius 3 is 2.95 bits per heavy atom. The van der Waals surface area contributed by atoms with Crippen LogP contribution in [0.2, 0.25) is 0 Å². The van der Waals surface area contributed by atoms with E-state index in [1.807, 2.05) is 30.3 Å². The quantitative estimate of drug-likeness (QED) is 0.916. The van der Waals surface area contributed by atoms with Crippen molar-refractivity contribution in [1.82, 2.24) is 9.88 Å². The van der Waals surface area contributed by atoms with Gasteiger partial charge in [0.25, 0.3) is 0 Å². The van der Waals surface area contributed by atoms with Gasteiger partial charge in [-0.25, -0.2) is 4.98 Å². The summed E-state index contributed by atoms with van der Waals surface area (Å²) in [5.74, 6) is 1.48. The minimum atomic E-state index is -0.104. The molecule has 0 radical (unpaired) electrons. The van der Waals surface area contributed by atoms with Gasteiger partial charge < -0.3 is 14.3 Å². The lowest BCUT2D eigenvalue weighted by Gasteiger charge is -2.30. The summed E-state index contributed by atoms with van der Waals surface area (Å²) in [5, 5.41) is 9.14. The van der Waals surface area contributed by atoms with E-state index in [1.54, 1.807) is 6.20 Å². The van der Waals surface area contributed by atoms with Gasteiger partial charge in [0.05, 0.1) is 32.1 Å². The van der Waals surface area contributed by atoms with E-state index in [0.717, 1.165) is 17.9 Å². The zero-order valence-electron chi connectivity index (χ0n) is 11.2. The van der Waals surface area contributed by atoms with Gasteiger partial charge in [-0.3, -0.25) is 4.90 Å². The minimum absolute atomic E-state index is 0.0529. The first-order valence-corrected chi connectivity index (χ1v) is 6.80. The molecule has 0 amide bonds. The van der Waals surface area contributed by atoms with Crippen molar-refractivity contribution in [2.75, 3.05) is 26.3 Å². The van der Waals surface area contributed by atoms with Crippen molar-refractivity contribution in [2.45, 2.75) is 12.6 Å². The van der Waals surface area contributed by atoms with E-state index in [1.165, 1.54) is 0 Å². The maximum absolute atomic E-state index is 9.14. The Labute approximate surface area is 117 Å². The molecule has 106 valence electrons. The number of ether oxygens (including phenoxy) is 1. The molecule has 0 bridgehead atoms. The summed E-state index contributed by atoms with van der Waals surface area (Å²) >= 11 is 0. The molecular formula is C15H18N2O3. The van der Waals surface area contributed by atoms with E-state index in [4.69, 9.17) is 14.3 Å². The van der Waals surface area contributed by atoms with Gasteiger partial charge in [-0.05, 0) is 0 Å². The maximum atomic E-state index is 9.14. The monoisotopic (exact) mass is 274 g/mol. The molecule has 1 saturated heterocycles. The highest BCUT2D eigenvalue weighted by molar-refractivity contribution is 5.55. The van der Waals surface area contributed by atoms with Crippen molar-refractivity contribution in [2.24, 2.45) is 0 Å². The summed E-state index contributed by atoms with van der Waals surface area (Å²) in [6.45, 7) is 2.88. The summed E-state index contributed by atoms with van der Waals surface area (Å²) in [6, 6.07) is 9.93. The molecule has 1 atom stereocenters. The third-order valence-electron chi connectivity index (χ3n) is 3.40. The highest BCUT2D eigenvalue weighted by Gasteiger charge is 2.21. The first kappa shape index (κ1) is 13.3.